The maximum Gasteiger partial charge on any atom is 0.225 e. The third-order valence-electron chi connectivity index (χ3n) is 3.27. The van der Waals surface area contributed by atoms with Gasteiger partial charge in [0, 0.05) is 24.2 Å². The summed E-state index contributed by atoms with van der Waals surface area (Å²) in [7, 11) is 0. The molecule has 4 nitrogen and oxygen atoms in total. The third-order valence-corrected chi connectivity index (χ3v) is 3.49. The molecule has 0 aliphatic carbocycles. The number of hydrogen-bond acceptors (Lipinski definition) is 4. The van der Waals surface area contributed by atoms with Crippen molar-refractivity contribution >= 4 is 24.2 Å². The average Bonchev–Trinajstić information content (AvgIpc) is 2.47. The van der Waals surface area contributed by atoms with Gasteiger partial charge < -0.3 is 10.1 Å². The largest absolute Gasteiger partial charge is 0.494 e. The van der Waals surface area contributed by atoms with Crippen molar-refractivity contribution in [1.29, 1.82) is 0 Å². The highest BCUT2D eigenvalue weighted by Crippen LogP contribution is 2.24. The van der Waals surface area contributed by atoms with Gasteiger partial charge in [-0.25, -0.2) is 0 Å². The Balaban J connectivity index is 2.91. The molecular formula is C16H26N2O2S. The molecular weight excluding hydrogens is 284 g/mol. The molecule has 0 aliphatic heterocycles. The molecule has 1 aromatic carbocycles. The van der Waals surface area contributed by atoms with Crippen molar-refractivity contribution in [2.45, 2.75) is 33.7 Å². The first kappa shape index (κ1) is 17.9. The van der Waals surface area contributed by atoms with Crippen molar-refractivity contribution in [3.63, 3.8) is 0 Å². The van der Waals surface area contributed by atoms with Crippen molar-refractivity contribution in [1.82, 2.24) is 4.90 Å². The van der Waals surface area contributed by atoms with Gasteiger partial charge in [0.25, 0.3) is 0 Å². The zero-order valence-corrected chi connectivity index (χ0v) is 14.1. The number of nitrogens with zero attached hydrogens (tertiary/aromatic N) is 1. The molecule has 1 aromatic rings. The zero-order chi connectivity index (χ0) is 15.7. The zero-order valence-electron chi connectivity index (χ0n) is 13.2. The molecule has 0 unspecified atom stereocenters. The first-order chi connectivity index (χ1) is 10.1. The second-order valence-electron chi connectivity index (χ2n) is 4.74. The Morgan fingerprint density at radius 2 is 2.00 bits per heavy atom. The van der Waals surface area contributed by atoms with Gasteiger partial charge in [0.2, 0.25) is 5.91 Å². The van der Waals surface area contributed by atoms with Gasteiger partial charge in [-0.05, 0) is 44.0 Å². The number of thiol groups is 1. The van der Waals surface area contributed by atoms with Crippen molar-refractivity contribution in [2.24, 2.45) is 0 Å². The molecule has 0 aromatic heterocycles. The van der Waals surface area contributed by atoms with Crippen molar-refractivity contribution in [3.05, 3.63) is 23.8 Å². The molecule has 21 heavy (non-hydrogen) atoms. The summed E-state index contributed by atoms with van der Waals surface area (Å²) in [6, 6.07) is 5.81. The standard InChI is InChI=1S/C16H26N2O2S/c1-4-18(5-2)12-13-11-14(17-16(19)9-10-21)7-8-15(13)20-6-3/h7-8,11,21H,4-6,9-10,12H2,1-3H3,(H,17,19). The summed E-state index contributed by atoms with van der Waals surface area (Å²) in [6.45, 7) is 9.68. The highest BCUT2D eigenvalue weighted by molar-refractivity contribution is 7.80. The van der Waals surface area contributed by atoms with Crippen LogP contribution in [0.5, 0.6) is 5.75 Å². The predicted octanol–water partition coefficient (Wildman–Crippen LogP) is 3.19. The molecule has 0 atom stereocenters. The lowest BCUT2D eigenvalue weighted by atomic mass is 10.1. The number of ether oxygens (including phenoxy) is 1. The molecule has 0 radical (unpaired) electrons. The van der Waals surface area contributed by atoms with E-state index in [-0.39, 0.29) is 5.91 Å². The van der Waals surface area contributed by atoms with E-state index in [0.29, 0.717) is 18.8 Å². The van der Waals surface area contributed by atoms with E-state index < -0.39 is 0 Å². The van der Waals surface area contributed by atoms with E-state index in [4.69, 9.17) is 4.74 Å². The third kappa shape index (κ3) is 5.98. The van der Waals surface area contributed by atoms with Crippen LogP contribution in [0.4, 0.5) is 5.69 Å². The molecule has 0 saturated heterocycles. The maximum absolute atomic E-state index is 11.7. The summed E-state index contributed by atoms with van der Waals surface area (Å²) in [4.78, 5) is 14.0. The van der Waals surface area contributed by atoms with Crippen LogP contribution >= 0.6 is 12.6 Å². The summed E-state index contributed by atoms with van der Waals surface area (Å²) < 4.78 is 5.68. The van der Waals surface area contributed by atoms with Gasteiger partial charge in [-0.2, -0.15) is 12.6 Å². The van der Waals surface area contributed by atoms with Crippen LogP contribution in [0.2, 0.25) is 0 Å². The lowest BCUT2D eigenvalue weighted by molar-refractivity contribution is -0.115. The minimum atomic E-state index is -0.0112. The lowest BCUT2D eigenvalue weighted by Gasteiger charge is -2.20. The first-order valence-corrected chi connectivity index (χ1v) is 8.16. The first-order valence-electron chi connectivity index (χ1n) is 7.53. The normalized spacial score (nSPS) is 10.7. The molecule has 1 rings (SSSR count). The van der Waals surface area contributed by atoms with E-state index in [1.807, 2.05) is 25.1 Å². The number of nitrogens with one attached hydrogen (secondary N) is 1. The Morgan fingerprint density at radius 1 is 1.29 bits per heavy atom. The summed E-state index contributed by atoms with van der Waals surface area (Å²) in [5, 5.41) is 2.90. The molecule has 0 bridgehead atoms. The number of benzene rings is 1. The fourth-order valence-electron chi connectivity index (χ4n) is 2.09. The molecule has 118 valence electrons. The van der Waals surface area contributed by atoms with E-state index in [0.717, 1.165) is 36.6 Å². The van der Waals surface area contributed by atoms with E-state index in [2.05, 4.69) is 36.7 Å². The molecule has 0 heterocycles. The van der Waals surface area contributed by atoms with Gasteiger partial charge in [0.05, 0.1) is 6.61 Å². The maximum atomic E-state index is 11.7. The number of hydrogen-bond donors (Lipinski definition) is 2. The second kappa shape index (κ2) is 9.68. The van der Waals surface area contributed by atoms with E-state index in [1.165, 1.54) is 0 Å². The van der Waals surface area contributed by atoms with Gasteiger partial charge in [0.15, 0.2) is 0 Å². The number of carbonyl (C=O) groups is 1. The van der Waals surface area contributed by atoms with E-state index in [1.54, 1.807) is 0 Å². The summed E-state index contributed by atoms with van der Waals surface area (Å²) in [5.41, 5.74) is 1.91. The smallest absolute Gasteiger partial charge is 0.225 e. The van der Waals surface area contributed by atoms with Crippen molar-refractivity contribution in [3.8, 4) is 5.75 Å². The average molecular weight is 310 g/mol. The Labute approximate surface area is 133 Å². The summed E-state index contributed by atoms with van der Waals surface area (Å²) in [5.74, 6) is 1.43. The van der Waals surface area contributed by atoms with Crippen LogP contribution in [0.3, 0.4) is 0 Å². The van der Waals surface area contributed by atoms with Gasteiger partial charge in [-0.15, -0.1) is 0 Å². The summed E-state index contributed by atoms with van der Waals surface area (Å²) in [6.07, 6.45) is 0.418. The summed E-state index contributed by atoms with van der Waals surface area (Å²) >= 11 is 4.07. The number of carbonyl (C=O) groups excluding carboxylic acids is 1. The molecule has 5 heteroatoms. The van der Waals surface area contributed by atoms with Crippen LogP contribution in [0.25, 0.3) is 0 Å². The predicted molar refractivity (Wildman–Crippen MR) is 91.3 cm³/mol. The Bertz CT molecular complexity index is 448. The molecule has 0 saturated carbocycles. The number of rotatable bonds is 9. The lowest BCUT2D eigenvalue weighted by Crippen LogP contribution is -2.22. The fraction of sp³-hybridized carbons (Fsp3) is 0.562. The van der Waals surface area contributed by atoms with Crippen molar-refractivity contribution < 1.29 is 9.53 Å². The minimum Gasteiger partial charge on any atom is -0.494 e. The number of anilines is 1. The van der Waals surface area contributed by atoms with E-state index in [9.17, 15) is 4.79 Å². The molecule has 1 N–H and O–H groups in total. The number of amides is 1. The van der Waals surface area contributed by atoms with Gasteiger partial charge >= 0.3 is 0 Å². The minimum absolute atomic E-state index is 0.0112. The van der Waals surface area contributed by atoms with Crippen LogP contribution in [-0.2, 0) is 11.3 Å². The van der Waals surface area contributed by atoms with Gasteiger partial charge in [0.1, 0.15) is 5.75 Å². The van der Waals surface area contributed by atoms with Gasteiger partial charge in [-0.3, -0.25) is 9.69 Å². The highest BCUT2D eigenvalue weighted by Gasteiger charge is 2.10. The topological polar surface area (TPSA) is 41.6 Å². The SMILES string of the molecule is CCOc1ccc(NC(=O)CCS)cc1CN(CC)CC. The molecule has 0 fully saturated rings. The van der Waals surface area contributed by atoms with Gasteiger partial charge in [-0.1, -0.05) is 13.8 Å². The van der Waals surface area contributed by atoms with E-state index >= 15 is 0 Å². The van der Waals surface area contributed by atoms with Crippen LogP contribution < -0.4 is 10.1 Å². The highest BCUT2D eigenvalue weighted by atomic mass is 32.1. The fourth-order valence-corrected chi connectivity index (χ4v) is 2.29. The Hall–Kier alpha value is -1.20. The Morgan fingerprint density at radius 3 is 2.57 bits per heavy atom. The Kier molecular flexibility index (Phi) is 8.23. The van der Waals surface area contributed by atoms with Crippen LogP contribution in [0.15, 0.2) is 18.2 Å². The molecule has 1 amide bonds. The van der Waals surface area contributed by atoms with Crippen molar-refractivity contribution in [2.75, 3.05) is 30.8 Å². The monoisotopic (exact) mass is 310 g/mol. The molecule has 0 spiro atoms. The van der Waals surface area contributed by atoms with Crippen LogP contribution in [0.1, 0.15) is 32.8 Å². The molecule has 0 aliphatic rings. The second-order valence-corrected chi connectivity index (χ2v) is 5.19. The van der Waals surface area contributed by atoms with Crippen LogP contribution in [-0.4, -0.2) is 36.3 Å². The van der Waals surface area contributed by atoms with Crippen LogP contribution in [0, 0.1) is 0 Å². The quantitative estimate of drug-likeness (QED) is 0.688.